The van der Waals surface area contributed by atoms with Crippen molar-refractivity contribution in [3.05, 3.63) is 58.7 Å². The molecule has 0 radical (unpaired) electrons. The molecule has 4 heterocycles. The summed E-state index contributed by atoms with van der Waals surface area (Å²) in [5.41, 5.74) is 2.12. The minimum Gasteiger partial charge on any atom is -0.357 e. The fourth-order valence-electron chi connectivity index (χ4n) is 3.92. The number of ether oxygens (including phenoxy) is 1. The van der Waals surface area contributed by atoms with E-state index in [1.165, 1.54) is 11.3 Å². The summed E-state index contributed by atoms with van der Waals surface area (Å²) >= 11 is 1.51. The number of nitrogens with one attached hydrogen (secondary N) is 1. The predicted octanol–water partition coefficient (Wildman–Crippen LogP) is 5.08. The van der Waals surface area contributed by atoms with Gasteiger partial charge >= 0.3 is 6.18 Å². The number of thiazole rings is 1. The van der Waals surface area contributed by atoms with Gasteiger partial charge in [0.1, 0.15) is 11.2 Å². The van der Waals surface area contributed by atoms with E-state index in [2.05, 4.69) is 25.4 Å². The smallest absolute Gasteiger partial charge is 0.357 e. The minimum absolute atomic E-state index is 0.148. The van der Waals surface area contributed by atoms with E-state index >= 15 is 0 Å². The minimum atomic E-state index is -4.63. The van der Waals surface area contributed by atoms with Crippen LogP contribution in [0.3, 0.4) is 0 Å². The SMILES string of the molecule is Cc1cnc(-c2cc(C(=O)N[C@H](C)c3cnc(C(F)(F)F)nc3)cc3nn(C4CCCO4)cc23)s1. The highest BCUT2D eigenvalue weighted by atomic mass is 32.1. The second-order valence-corrected chi connectivity index (χ2v) is 9.58. The largest absolute Gasteiger partial charge is 0.451 e. The molecule has 0 aliphatic carbocycles. The fraction of sp³-hybridized carbons (Fsp3) is 0.348. The molecule has 1 saturated heterocycles. The number of carbonyl (C=O) groups excluding carboxylic acids is 1. The molecule has 1 fully saturated rings. The second kappa shape index (κ2) is 9.00. The van der Waals surface area contributed by atoms with Gasteiger partial charge in [0.25, 0.3) is 5.91 Å². The Morgan fingerprint density at radius 1 is 1.23 bits per heavy atom. The zero-order valence-electron chi connectivity index (χ0n) is 18.8. The van der Waals surface area contributed by atoms with Gasteiger partial charge in [0.2, 0.25) is 5.82 Å². The van der Waals surface area contributed by atoms with E-state index in [-0.39, 0.29) is 6.23 Å². The van der Waals surface area contributed by atoms with Crippen LogP contribution in [0.1, 0.15) is 58.7 Å². The maximum absolute atomic E-state index is 13.1. The molecule has 1 aromatic carbocycles. The Hall–Kier alpha value is -3.38. The van der Waals surface area contributed by atoms with E-state index in [4.69, 9.17) is 4.74 Å². The van der Waals surface area contributed by atoms with Gasteiger partial charge < -0.3 is 10.1 Å². The molecule has 1 amide bonds. The number of benzene rings is 1. The number of halogens is 3. The number of carbonyl (C=O) groups is 1. The second-order valence-electron chi connectivity index (χ2n) is 8.34. The Labute approximate surface area is 202 Å². The van der Waals surface area contributed by atoms with Crippen LogP contribution in [0.5, 0.6) is 0 Å². The molecule has 8 nitrogen and oxygen atoms in total. The number of rotatable bonds is 5. The molecular formula is C23H21F3N6O2S. The van der Waals surface area contributed by atoms with Crippen LogP contribution >= 0.6 is 11.3 Å². The number of fused-ring (bicyclic) bond motifs is 1. The normalized spacial score (nSPS) is 17.1. The van der Waals surface area contributed by atoms with Crippen LogP contribution in [0.4, 0.5) is 13.2 Å². The summed E-state index contributed by atoms with van der Waals surface area (Å²) in [5.74, 6) is -1.63. The lowest BCUT2D eigenvalue weighted by Gasteiger charge is -2.15. The first kappa shape index (κ1) is 23.4. The van der Waals surface area contributed by atoms with Crippen molar-refractivity contribution in [3.8, 4) is 10.6 Å². The van der Waals surface area contributed by atoms with E-state index in [9.17, 15) is 18.0 Å². The number of amides is 1. The van der Waals surface area contributed by atoms with Crippen LogP contribution in [-0.2, 0) is 10.9 Å². The van der Waals surface area contributed by atoms with Crippen molar-refractivity contribution >= 4 is 28.1 Å². The first-order chi connectivity index (χ1) is 16.7. The van der Waals surface area contributed by atoms with Gasteiger partial charge in [-0.25, -0.2) is 19.6 Å². The van der Waals surface area contributed by atoms with Crippen LogP contribution in [0, 0.1) is 6.92 Å². The Morgan fingerprint density at radius 3 is 2.63 bits per heavy atom. The van der Waals surface area contributed by atoms with E-state index in [1.54, 1.807) is 29.9 Å². The summed E-state index contributed by atoms with van der Waals surface area (Å²) in [4.78, 5) is 25.4. The molecule has 182 valence electrons. The molecule has 1 aliphatic heterocycles. The van der Waals surface area contributed by atoms with Crippen molar-refractivity contribution in [2.45, 2.75) is 45.1 Å². The molecular weight excluding hydrogens is 481 g/mol. The summed E-state index contributed by atoms with van der Waals surface area (Å²) in [6.45, 7) is 4.29. The van der Waals surface area contributed by atoms with Crippen molar-refractivity contribution in [3.63, 3.8) is 0 Å². The first-order valence-electron chi connectivity index (χ1n) is 11.0. The number of alkyl halides is 3. The summed E-state index contributed by atoms with van der Waals surface area (Å²) in [7, 11) is 0. The van der Waals surface area contributed by atoms with Gasteiger partial charge in [0.15, 0.2) is 0 Å². The molecule has 1 unspecified atom stereocenters. The van der Waals surface area contributed by atoms with Gasteiger partial charge in [0, 0.05) is 58.3 Å². The van der Waals surface area contributed by atoms with Crippen LogP contribution in [0.25, 0.3) is 21.5 Å². The van der Waals surface area contributed by atoms with Gasteiger partial charge in [0.05, 0.1) is 11.6 Å². The van der Waals surface area contributed by atoms with Crippen LogP contribution in [-0.4, -0.2) is 37.2 Å². The predicted molar refractivity (Wildman–Crippen MR) is 123 cm³/mol. The van der Waals surface area contributed by atoms with Crippen LogP contribution in [0.2, 0.25) is 0 Å². The van der Waals surface area contributed by atoms with Gasteiger partial charge in [-0.3, -0.25) is 4.79 Å². The quantitative estimate of drug-likeness (QED) is 0.409. The van der Waals surface area contributed by atoms with E-state index in [1.807, 2.05) is 13.1 Å². The van der Waals surface area contributed by atoms with E-state index < -0.39 is 23.9 Å². The molecule has 0 bridgehead atoms. The fourth-order valence-corrected chi connectivity index (χ4v) is 4.71. The summed E-state index contributed by atoms with van der Waals surface area (Å²) in [6, 6.07) is 2.83. The molecule has 1 N–H and O–H groups in total. The van der Waals surface area contributed by atoms with Crippen molar-refractivity contribution in [2.75, 3.05) is 6.61 Å². The average molecular weight is 503 g/mol. The van der Waals surface area contributed by atoms with Gasteiger partial charge in [-0.2, -0.15) is 18.3 Å². The van der Waals surface area contributed by atoms with Crippen LogP contribution in [0.15, 0.2) is 36.9 Å². The van der Waals surface area contributed by atoms with Crippen molar-refractivity contribution in [2.24, 2.45) is 0 Å². The summed E-state index contributed by atoms with van der Waals surface area (Å²) < 4.78 is 45.8. The highest BCUT2D eigenvalue weighted by molar-refractivity contribution is 7.15. The maximum Gasteiger partial charge on any atom is 0.451 e. The summed E-state index contributed by atoms with van der Waals surface area (Å²) in [5, 5.41) is 9.09. The monoisotopic (exact) mass is 502 g/mol. The first-order valence-corrected chi connectivity index (χ1v) is 11.8. The highest BCUT2D eigenvalue weighted by Crippen LogP contribution is 2.34. The highest BCUT2D eigenvalue weighted by Gasteiger charge is 2.34. The summed E-state index contributed by atoms with van der Waals surface area (Å²) in [6.07, 6.45) is 2.87. The van der Waals surface area contributed by atoms with Gasteiger partial charge in [-0.1, -0.05) is 0 Å². The van der Waals surface area contributed by atoms with E-state index in [0.29, 0.717) is 23.3 Å². The molecule has 4 aromatic rings. The average Bonchev–Trinajstić information content (AvgIpc) is 3.58. The zero-order valence-corrected chi connectivity index (χ0v) is 19.7. The lowest BCUT2D eigenvalue weighted by molar-refractivity contribution is -0.145. The number of aryl methyl sites for hydroxylation is 1. The molecule has 1 aliphatic rings. The molecule has 0 saturated carbocycles. The molecule has 5 rings (SSSR count). The zero-order chi connectivity index (χ0) is 24.7. The molecule has 35 heavy (non-hydrogen) atoms. The van der Waals surface area contributed by atoms with Crippen molar-refractivity contribution in [1.82, 2.24) is 30.0 Å². The molecule has 0 spiro atoms. The standard InChI is InChI=1S/C23H21F3N6O2S/c1-12-8-27-21(35-12)16-6-14(7-18-17(16)11-32(31-18)19-4-3-5-34-19)20(33)30-13(2)15-9-28-22(29-10-15)23(24,25)26/h6-11,13,19H,3-5H2,1-2H3,(H,30,33)/t13-,19?/m1/s1. The Balaban J connectivity index is 1.46. The maximum atomic E-state index is 13.1. The number of aromatic nitrogens is 5. The Kier molecular flexibility index (Phi) is 6.01. The number of hydrogen-bond donors (Lipinski definition) is 1. The molecule has 12 heteroatoms. The van der Waals surface area contributed by atoms with Gasteiger partial charge in [-0.15, -0.1) is 11.3 Å². The van der Waals surface area contributed by atoms with Crippen molar-refractivity contribution < 1.29 is 22.7 Å². The Bertz CT molecular complexity index is 1380. The van der Waals surface area contributed by atoms with E-state index in [0.717, 1.165) is 46.1 Å². The molecule has 2 atom stereocenters. The third-order valence-corrected chi connectivity index (χ3v) is 6.68. The van der Waals surface area contributed by atoms with Gasteiger partial charge in [-0.05, 0) is 38.8 Å². The van der Waals surface area contributed by atoms with Crippen LogP contribution < -0.4 is 5.32 Å². The third-order valence-electron chi connectivity index (χ3n) is 5.73. The number of nitrogens with zero attached hydrogens (tertiary/aromatic N) is 5. The lowest BCUT2D eigenvalue weighted by atomic mass is 10.1. The topological polar surface area (TPSA) is 94.8 Å². The molecule has 3 aromatic heterocycles. The Morgan fingerprint density at radius 2 is 2.00 bits per heavy atom. The number of hydrogen-bond acceptors (Lipinski definition) is 7. The van der Waals surface area contributed by atoms with Crippen molar-refractivity contribution in [1.29, 1.82) is 0 Å². The third kappa shape index (κ3) is 4.76. The lowest BCUT2D eigenvalue weighted by Crippen LogP contribution is -2.27.